The van der Waals surface area contributed by atoms with Crippen LogP contribution in [0, 0.1) is 5.92 Å². The van der Waals surface area contributed by atoms with Crippen LogP contribution in [0.4, 0.5) is 0 Å². The van der Waals surface area contributed by atoms with E-state index in [2.05, 4.69) is 40.9 Å². The van der Waals surface area contributed by atoms with Crippen LogP contribution < -0.4 is 0 Å². The van der Waals surface area contributed by atoms with Gasteiger partial charge in [0, 0.05) is 4.88 Å². The largest absolute Gasteiger partial charge is 0.317 e. The summed E-state index contributed by atoms with van der Waals surface area (Å²) in [4.78, 5) is 5.96. The van der Waals surface area contributed by atoms with Crippen molar-refractivity contribution in [1.29, 1.82) is 0 Å². The molecule has 0 aliphatic heterocycles. The second kappa shape index (κ2) is 5.99. The average Bonchev–Trinajstić information content (AvgIpc) is 3.08. The number of alkyl halides is 1. The molecule has 0 N–H and O–H groups in total. The van der Waals surface area contributed by atoms with Crippen molar-refractivity contribution in [2.45, 2.75) is 25.8 Å². The molecule has 0 radical (unpaired) electrons. The lowest BCUT2D eigenvalue weighted by molar-refractivity contribution is 0.444. The van der Waals surface area contributed by atoms with Gasteiger partial charge in [-0.15, -0.1) is 22.9 Å². The first kappa shape index (κ1) is 14.9. The first-order valence-corrected chi connectivity index (χ1v) is 8.67. The molecule has 1 unspecified atom stereocenters. The quantitative estimate of drug-likeness (QED) is 0.555. The third-order valence-electron chi connectivity index (χ3n) is 3.60. The minimum absolute atomic E-state index is 0.198. The lowest BCUT2D eigenvalue weighted by Gasteiger charge is -2.24. The molecule has 0 aliphatic rings. The number of hydrogen-bond donors (Lipinski definition) is 0. The number of rotatable bonds is 4. The Labute approximate surface area is 138 Å². The highest BCUT2D eigenvalue weighted by atomic mass is 35.5. The maximum atomic E-state index is 6.44. The van der Waals surface area contributed by atoms with Crippen LogP contribution in [-0.4, -0.2) is 9.55 Å². The van der Waals surface area contributed by atoms with Crippen molar-refractivity contribution in [3.8, 4) is 0 Å². The van der Waals surface area contributed by atoms with Gasteiger partial charge < -0.3 is 4.57 Å². The summed E-state index contributed by atoms with van der Waals surface area (Å²) >= 11 is 14.3. The molecule has 1 atom stereocenters. The standard InChI is InChI=1S/C16H16Cl2N2S/c1-10(2)15(13-7-4-8-21-13)20-14(9-17)19-12-6-3-5-11(18)16(12)20/h3-8,10,15H,9H2,1-2H3. The smallest absolute Gasteiger partial charge is 0.125 e. The summed E-state index contributed by atoms with van der Waals surface area (Å²) in [6.45, 7) is 4.43. The van der Waals surface area contributed by atoms with Gasteiger partial charge in [0.05, 0.1) is 28.0 Å². The van der Waals surface area contributed by atoms with Gasteiger partial charge in [0.15, 0.2) is 0 Å². The fourth-order valence-electron chi connectivity index (χ4n) is 2.76. The van der Waals surface area contributed by atoms with Crippen LogP contribution in [0.3, 0.4) is 0 Å². The van der Waals surface area contributed by atoms with E-state index in [9.17, 15) is 0 Å². The minimum Gasteiger partial charge on any atom is -0.317 e. The first-order valence-electron chi connectivity index (χ1n) is 6.88. The Kier molecular flexibility index (Phi) is 4.25. The predicted octanol–water partition coefficient (Wildman–Crippen LogP) is 5.74. The van der Waals surface area contributed by atoms with Crippen LogP contribution in [0.1, 0.15) is 30.6 Å². The minimum atomic E-state index is 0.198. The van der Waals surface area contributed by atoms with Gasteiger partial charge in [-0.2, -0.15) is 0 Å². The van der Waals surface area contributed by atoms with Crippen molar-refractivity contribution in [2.24, 2.45) is 5.92 Å². The number of benzene rings is 1. The Hall–Kier alpha value is -1.03. The van der Waals surface area contributed by atoms with Crippen LogP contribution in [-0.2, 0) is 5.88 Å². The van der Waals surface area contributed by atoms with Gasteiger partial charge in [0.1, 0.15) is 5.82 Å². The van der Waals surface area contributed by atoms with Gasteiger partial charge in [0.25, 0.3) is 0 Å². The predicted molar refractivity (Wildman–Crippen MR) is 91.6 cm³/mol. The molecule has 3 rings (SSSR count). The third kappa shape index (κ3) is 2.59. The lowest BCUT2D eigenvalue weighted by Crippen LogP contribution is -2.17. The summed E-state index contributed by atoms with van der Waals surface area (Å²) in [5.41, 5.74) is 1.88. The van der Waals surface area contributed by atoms with E-state index in [-0.39, 0.29) is 6.04 Å². The zero-order valence-electron chi connectivity index (χ0n) is 11.9. The number of thiophene rings is 1. The summed E-state index contributed by atoms with van der Waals surface area (Å²) in [5.74, 6) is 1.66. The highest BCUT2D eigenvalue weighted by molar-refractivity contribution is 7.10. The molecule has 0 aliphatic carbocycles. The highest BCUT2D eigenvalue weighted by Crippen LogP contribution is 2.36. The van der Waals surface area contributed by atoms with Crippen molar-refractivity contribution < 1.29 is 0 Å². The van der Waals surface area contributed by atoms with E-state index in [1.807, 2.05) is 18.2 Å². The molecule has 0 saturated heterocycles. The van der Waals surface area contributed by atoms with Gasteiger partial charge in [0.2, 0.25) is 0 Å². The first-order chi connectivity index (χ1) is 10.1. The Bertz CT molecular complexity index is 747. The fraction of sp³-hybridized carbons (Fsp3) is 0.312. The molecule has 0 bridgehead atoms. The summed E-state index contributed by atoms with van der Waals surface area (Å²) in [6.07, 6.45) is 0. The van der Waals surface area contributed by atoms with Gasteiger partial charge in [-0.05, 0) is 29.5 Å². The average molecular weight is 339 g/mol. The number of nitrogens with zero attached hydrogens (tertiary/aromatic N) is 2. The van der Waals surface area contributed by atoms with E-state index in [0.717, 1.165) is 21.9 Å². The summed E-state index contributed by atoms with van der Waals surface area (Å²) in [7, 11) is 0. The normalized spacial score (nSPS) is 13.2. The Morgan fingerprint density at radius 3 is 2.67 bits per heavy atom. The van der Waals surface area contributed by atoms with E-state index in [0.29, 0.717) is 11.8 Å². The molecule has 21 heavy (non-hydrogen) atoms. The van der Waals surface area contributed by atoms with E-state index < -0.39 is 0 Å². The second-order valence-electron chi connectivity index (χ2n) is 5.34. The van der Waals surface area contributed by atoms with Crippen LogP contribution in [0.15, 0.2) is 35.7 Å². The van der Waals surface area contributed by atoms with Crippen molar-refractivity contribution >= 4 is 45.6 Å². The zero-order chi connectivity index (χ0) is 15.0. The molecule has 0 spiro atoms. The number of imidazole rings is 1. The monoisotopic (exact) mass is 338 g/mol. The fourth-order valence-corrected chi connectivity index (χ4v) is 4.20. The van der Waals surface area contributed by atoms with E-state index >= 15 is 0 Å². The number of para-hydroxylation sites is 1. The topological polar surface area (TPSA) is 17.8 Å². The van der Waals surface area contributed by atoms with E-state index in [1.165, 1.54) is 4.88 Å². The van der Waals surface area contributed by atoms with Crippen LogP contribution in [0.2, 0.25) is 5.02 Å². The van der Waals surface area contributed by atoms with Crippen molar-refractivity contribution in [1.82, 2.24) is 9.55 Å². The molecule has 0 amide bonds. The van der Waals surface area contributed by atoms with Crippen LogP contribution >= 0.6 is 34.5 Å². The van der Waals surface area contributed by atoms with Crippen molar-refractivity contribution in [3.63, 3.8) is 0 Å². The maximum Gasteiger partial charge on any atom is 0.125 e. The number of fused-ring (bicyclic) bond motifs is 1. The molecule has 3 aromatic rings. The Balaban J connectivity index is 2.31. The number of aromatic nitrogens is 2. The van der Waals surface area contributed by atoms with Crippen molar-refractivity contribution in [2.75, 3.05) is 0 Å². The number of halogens is 2. The van der Waals surface area contributed by atoms with Crippen molar-refractivity contribution in [3.05, 3.63) is 51.4 Å². The van der Waals surface area contributed by atoms with Gasteiger partial charge in [-0.3, -0.25) is 0 Å². The van der Waals surface area contributed by atoms with Crippen LogP contribution in [0.5, 0.6) is 0 Å². The molecular weight excluding hydrogens is 323 g/mol. The van der Waals surface area contributed by atoms with E-state index in [4.69, 9.17) is 23.2 Å². The third-order valence-corrected chi connectivity index (χ3v) is 5.08. The second-order valence-corrected chi connectivity index (χ2v) is 7.00. The molecular formula is C16H16Cl2N2S. The molecule has 110 valence electrons. The lowest BCUT2D eigenvalue weighted by atomic mass is 10.0. The van der Waals surface area contributed by atoms with Gasteiger partial charge in [-0.1, -0.05) is 37.6 Å². The molecule has 2 aromatic heterocycles. The maximum absolute atomic E-state index is 6.44. The number of hydrogen-bond acceptors (Lipinski definition) is 2. The Morgan fingerprint density at radius 1 is 1.24 bits per heavy atom. The Morgan fingerprint density at radius 2 is 2.05 bits per heavy atom. The zero-order valence-corrected chi connectivity index (χ0v) is 14.2. The van der Waals surface area contributed by atoms with Gasteiger partial charge in [-0.25, -0.2) is 4.98 Å². The summed E-state index contributed by atoms with van der Waals surface area (Å²) in [5, 5.41) is 2.82. The van der Waals surface area contributed by atoms with Gasteiger partial charge >= 0.3 is 0 Å². The molecule has 1 aromatic carbocycles. The molecule has 2 heterocycles. The molecule has 0 saturated carbocycles. The highest BCUT2D eigenvalue weighted by Gasteiger charge is 2.25. The molecule has 5 heteroatoms. The summed E-state index contributed by atoms with van der Waals surface area (Å²) < 4.78 is 2.21. The molecule has 0 fully saturated rings. The van der Waals surface area contributed by atoms with Crippen LogP contribution in [0.25, 0.3) is 11.0 Å². The van der Waals surface area contributed by atoms with E-state index in [1.54, 1.807) is 11.3 Å². The SMILES string of the molecule is CC(C)C(c1cccs1)n1c(CCl)nc2cccc(Cl)c21. The molecule has 2 nitrogen and oxygen atoms in total. The summed E-state index contributed by atoms with van der Waals surface area (Å²) in [6, 6.07) is 10.3.